The highest BCUT2D eigenvalue weighted by atomic mass is 16.5. The van der Waals surface area contributed by atoms with Crippen LogP contribution in [0.1, 0.15) is 28.5 Å². The Morgan fingerprint density at radius 1 is 1.44 bits per heavy atom. The summed E-state index contributed by atoms with van der Waals surface area (Å²) in [6.45, 7) is 5.02. The number of amides is 1. The van der Waals surface area contributed by atoms with E-state index >= 15 is 0 Å². The summed E-state index contributed by atoms with van der Waals surface area (Å²) in [5.74, 6) is 0.885. The van der Waals surface area contributed by atoms with Crippen molar-refractivity contribution in [2.75, 3.05) is 20.1 Å². The van der Waals surface area contributed by atoms with Gasteiger partial charge < -0.3 is 19.3 Å². The van der Waals surface area contributed by atoms with Crippen LogP contribution in [0, 0.1) is 25.3 Å². The van der Waals surface area contributed by atoms with Crippen LogP contribution in [0.15, 0.2) is 22.7 Å². The van der Waals surface area contributed by atoms with Crippen molar-refractivity contribution >= 4 is 16.9 Å². The molecule has 1 atom stereocenters. The number of aromatic amines is 1. The Bertz CT molecular complexity index is 1040. The van der Waals surface area contributed by atoms with Crippen molar-refractivity contribution in [3.05, 3.63) is 35.5 Å². The lowest BCUT2D eigenvalue weighted by molar-refractivity contribution is 0.0728. The van der Waals surface area contributed by atoms with Gasteiger partial charge in [-0.25, -0.2) is 4.98 Å². The monoisotopic (exact) mass is 364 g/mol. The van der Waals surface area contributed by atoms with Crippen LogP contribution in [-0.4, -0.2) is 57.0 Å². The number of likely N-dealkylation sites (N-methyl/N-ethyl adjacent to an activating group) is 1. The number of hydrogen-bond donors (Lipinski definition) is 1. The van der Waals surface area contributed by atoms with E-state index in [0.29, 0.717) is 24.4 Å². The molecule has 0 radical (unpaired) electrons. The van der Waals surface area contributed by atoms with Crippen molar-refractivity contribution in [2.45, 2.75) is 26.3 Å². The zero-order valence-electron chi connectivity index (χ0n) is 15.5. The highest BCUT2D eigenvalue weighted by Gasteiger charge is 2.29. The van der Waals surface area contributed by atoms with Gasteiger partial charge in [-0.05, 0) is 38.0 Å². The largest absolute Gasteiger partial charge is 0.361 e. The van der Waals surface area contributed by atoms with Crippen molar-refractivity contribution in [1.82, 2.24) is 24.9 Å². The molecule has 0 bridgehead atoms. The number of likely N-dealkylation sites (tertiary alicyclic amines) is 1. The molecule has 2 aromatic heterocycles. The van der Waals surface area contributed by atoms with E-state index < -0.39 is 0 Å². The first-order valence-corrected chi connectivity index (χ1v) is 8.82. The summed E-state index contributed by atoms with van der Waals surface area (Å²) in [6.07, 6.45) is 2.92. The molecule has 1 aliphatic heterocycles. The Morgan fingerprint density at radius 2 is 2.26 bits per heavy atom. The Balaban J connectivity index is 1.62. The molecule has 4 rings (SSSR count). The van der Waals surface area contributed by atoms with Gasteiger partial charge in [0.25, 0.3) is 5.91 Å². The number of nitrogens with zero attached hydrogens (tertiary/aromatic N) is 5. The minimum absolute atomic E-state index is 0.0169. The maximum absolute atomic E-state index is 12.8. The van der Waals surface area contributed by atoms with Crippen LogP contribution in [0.25, 0.3) is 22.2 Å². The zero-order chi connectivity index (χ0) is 19.1. The van der Waals surface area contributed by atoms with E-state index in [1.165, 1.54) is 0 Å². The van der Waals surface area contributed by atoms with Gasteiger partial charge in [0.2, 0.25) is 0 Å². The van der Waals surface area contributed by atoms with Crippen LogP contribution in [0.3, 0.4) is 0 Å². The van der Waals surface area contributed by atoms with Crippen molar-refractivity contribution in [2.24, 2.45) is 0 Å². The van der Waals surface area contributed by atoms with Crippen molar-refractivity contribution < 1.29 is 9.32 Å². The first kappa shape index (κ1) is 17.1. The van der Waals surface area contributed by atoms with Crippen LogP contribution in [-0.2, 0) is 0 Å². The number of imidazole rings is 1. The maximum atomic E-state index is 12.8. The van der Waals surface area contributed by atoms with Gasteiger partial charge in [-0.15, -0.1) is 0 Å². The molecule has 0 aliphatic carbocycles. The second-order valence-corrected chi connectivity index (χ2v) is 6.92. The number of nitriles is 1. The molecule has 3 heterocycles. The molecule has 0 saturated carbocycles. The van der Waals surface area contributed by atoms with E-state index in [4.69, 9.17) is 9.78 Å². The lowest BCUT2D eigenvalue weighted by Gasteiger charge is -2.22. The number of H-pyrrole nitrogens is 1. The minimum Gasteiger partial charge on any atom is -0.361 e. The minimum atomic E-state index is -0.171. The predicted octanol–water partition coefficient (Wildman–Crippen LogP) is 2.46. The summed E-state index contributed by atoms with van der Waals surface area (Å²) in [6, 6.07) is 5.82. The van der Waals surface area contributed by atoms with Gasteiger partial charge in [-0.2, -0.15) is 5.26 Å². The third-order valence-corrected chi connectivity index (χ3v) is 5.18. The van der Waals surface area contributed by atoms with Crippen LogP contribution in [0.4, 0.5) is 0 Å². The molecule has 8 heteroatoms. The standard InChI is InChI=1S/C19H20N6O2/c1-11-17(12(2)27-23-11)13-4-5-15-16(8-13)22-18(21-15)19(26)24(3)14-6-7-25(9-14)10-20/h4-5,8,14H,6-7,9H2,1-3H3,(H,21,22). The first-order valence-electron chi connectivity index (χ1n) is 8.82. The van der Waals surface area contributed by atoms with E-state index in [9.17, 15) is 4.79 Å². The predicted molar refractivity (Wildman–Crippen MR) is 98.7 cm³/mol. The Morgan fingerprint density at radius 3 is 2.93 bits per heavy atom. The molecule has 0 spiro atoms. The van der Waals surface area contributed by atoms with E-state index in [1.54, 1.807) is 16.8 Å². The summed E-state index contributed by atoms with van der Waals surface area (Å²) >= 11 is 0. The summed E-state index contributed by atoms with van der Waals surface area (Å²) in [5, 5.41) is 13.0. The van der Waals surface area contributed by atoms with Crippen LogP contribution >= 0.6 is 0 Å². The summed E-state index contributed by atoms with van der Waals surface area (Å²) < 4.78 is 5.25. The third-order valence-electron chi connectivity index (χ3n) is 5.18. The molecular weight excluding hydrogens is 344 g/mol. The lowest BCUT2D eigenvalue weighted by Crippen LogP contribution is -2.39. The van der Waals surface area contributed by atoms with Crippen LogP contribution in [0.5, 0.6) is 0 Å². The zero-order valence-corrected chi connectivity index (χ0v) is 15.5. The Hall–Kier alpha value is -3.34. The number of aryl methyl sites for hydroxylation is 2. The number of carbonyl (C=O) groups excluding carboxylic acids is 1. The fraction of sp³-hybridized carbons (Fsp3) is 0.368. The highest BCUT2D eigenvalue weighted by Crippen LogP contribution is 2.29. The van der Waals surface area contributed by atoms with Crippen molar-refractivity contribution in [3.63, 3.8) is 0 Å². The molecular formula is C19H20N6O2. The third kappa shape index (κ3) is 2.91. The molecule has 1 aliphatic rings. The number of benzene rings is 1. The normalized spacial score (nSPS) is 16.7. The molecule has 1 saturated heterocycles. The number of aromatic nitrogens is 3. The maximum Gasteiger partial charge on any atom is 0.289 e. The van der Waals surface area contributed by atoms with Gasteiger partial charge >= 0.3 is 0 Å². The number of hydrogen-bond acceptors (Lipinski definition) is 6. The smallest absolute Gasteiger partial charge is 0.289 e. The Kier molecular flexibility index (Phi) is 4.07. The van der Waals surface area contributed by atoms with E-state index in [2.05, 4.69) is 21.3 Å². The number of fused-ring (bicyclic) bond motifs is 1. The SMILES string of the molecule is Cc1noc(C)c1-c1ccc2[nH]c(C(=O)N(C)C3CCN(C#N)C3)nc2c1. The van der Waals surface area contributed by atoms with Gasteiger partial charge in [0.1, 0.15) is 5.76 Å². The molecule has 1 amide bonds. The molecule has 1 aromatic carbocycles. The second-order valence-electron chi connectivity index (χ2n) is 6.92. The highest BCUT2D eigenvalue weighted by molar-refractivity contribution is 5.95. The van der Waals surface area contributed by atoms with Gasteiger partial charge in [-0.3, -0.25) is 4.79 Å². The fourth-order valence-corrected chi connectivity index (χ4v) is 3.64. The average Bonchev–Trinajstić information content (AvgIpc) is 3.38. The molecule has 8 nitrogen and oxygen atoms in total. The van der Waals surface area contributed by atoms with Gasteiger partial charge in [0, 0.05) is 25.7 Å². The lowest BCUT2D eigenvalue weighted by atomic mass is 10.0. The average molecular weight is 364 g/mol. The second kappa shape index (κ2) is 6.43. The number of carbonyl (C=O) groups is 1. The molecule has 1 N–H and O–H groups in total. The Labute approximate surface area is 156 Å². The fourth-order valence-electron chi connectivity index (χ4n) is 3.64. The summed E-state index contributed by atoms with van der Waals surface area (Å²) in [4.78, 5) is 23.8. The van der Waals surface area contributed by atoms with Crippen LogP contribution in [0.2, 0.25) is 0 Å². The number of nitrogens with one attached hydrogen (secondary N) is 1. The molecule has 3 aromatic rings. The van der Waals surface area contributed by atoms with Crippen LogP contribution < -0.4 is 0 Å². The van der Waals surface area contributed by atoms with Crippen molar-refractivity contribution in [3.8, 4) is 17.3 Å². The summed E-state index contributed by atoms with van der Waals surface area (Å²) in [7, 11) is 1.76. The topological polar surface area (TPSA) is 102 Å². The van der Waals surface area contributed by atoms with Gasteiger partial charge in [0.05, 0.1) is 22.8 Å². The van der Waals surface area contributed by atoms with Crippen molar-refractivity contribution in [1.29, 1.82) is 5.26 Å². The summed E-state index contributed by atoms with van der Waals surface area (Å²) in [5.41, 5.74) is 4.24. The quantitative estimate of drug-likeness (QED) is 0.716. The molecule has 1 fully saturated rings. The first-order chi connectivity index (χ1) is 13.0. The number of rotatable bonds is 3. The molecule has 138 valence electrons. The van der Waals surface area contributed by atoms with E-state index in [1.807, 2.05) is 32.0 Å². The van der Waals surface area contributed by atoms with Gasteiger partial charge in [-0.1, -0.05) is 11.2 Å². The molecule has 27 heavy (non-hydrogen) atoms. The van der Waals surface area contributed by atoms with E-state index in [0.717, 1.165) is 34.5 Å². The van der Waals surface area contributed by atoms with E-state index in [-0.39, 0.29) is 11.9 Å². The molecule has 1 unspecified atom stereocenters. The van der Waals surface area contributed by atoms with Gasteiger partial charge in [0.15, 0.2) is 12.0 Å².